The minimum absolute atomic E-state index is 0.00968. The zero-order valence-corrected chi connectivity index (χ0v) is 12.9. The summed E-state index contributed by atoms with van der Waals surface area (Å²) in [5.74, 6) is -0.00968. The zero-order chi connectivity index (χ0) is 15.0. The number of hydrogen-bond acceptors (Lipinski definition) is 3. The van der Waals surface area contributed by atoms with Gasteiger partial charge in [0.25, 0.3) is 0 Å². The van der Waals surface area contributed by atoms with E-state index in [9.17, 15) is 13.2 Å². The third-order valence-corrected chi connectivity index (χ3v) is 6.23. The van der Waals surface area contributed by atoms with Gasteiger partial charge in [-0.25, -0.2) is 8.42 Å². The Balaban J connectivity index is 1.84. The number of anilines is 2. The molecule has 1 amide bonds. The van der Waals surface area contributed by atoms with Gasteiger partial charge in [-0.1, -0.05) is 18.9 Å². The number of carbonyl (C=O) groups is 1. The van der Waals surface area contributed by atoms with Crippen LogP contribution in [0.1, 0.15) is 38.2 Å². The first-order valence-corrected chi connectivity index (χ1v) is 8.95. The Kier molecular flexibility index (Phi) is 3.65. The van der Waals surface area contributed by atoms with E-state index in [1.807, 2.05) is 6.07 Å². The molecule has 0 spiro atoms. The van der Waals surface area contributed by atoms with Crippen LogP contribution in [-0.2, 0) is 21.2 Å². The largest absolute Gasteiger partial charge is 0.312 e. The van der Waals surface area contributed by atoms with Crippen LogP contribution < -0.4 is 9.62 Å². The fourth-order valence-electron chi connectivity index (χ4n) is 3.22. The van der Waals surface area contributed by atoms with Gasteiger partial charge in [-0.15, -0.1) is 0 Å². The van der Waals surface area contributed by atoms with E-state index >= 15 is 0 Å². The molecule has 1 aliphatic heterocycles. The highest BCUT2D eigenvalue weighted by Crippen LogP contribution is 2.32. The molecule has 1 heterocycles. The number of sulfonamides is 1. The molecule has 1 fully saturated rings. The van der Waals surface area contributed by atoms with Crippen LogP contribution in [-0.4, -0.2) is 26.1 Å². The molecule has 2 aliphatic rings. The van der Waals surface area contributed by atoms with Crippen LogP contribution in [0.25, 0.3) is 0 Å². The second-order valence-electron chi connectivity index (χ2n) is 5.82. The van der Waals surface area contributed by atoms with Gasteiger partial charge in [-0.3, -0.25) is 9.52 Å². The SMILES string of the molecule is CC(=O)N1CCc2ccc(NS(=O)(=O)C3CCCC3)cc21. The first-order chi connectivity index (χ1) is 9.97. The molecule has 0 saturated heterocycles. The summed E-state index contributed by atoms with van der Waals surface area (Å²) in [6, 6.07) is 5.47. The van der Waals surface area contributed by atoms with Gasteiger partial charge < -0.3 is 4.90 Å². The fraction of sp³-hybridized carbons (Fsp3) is 0.533. The molecule has 5 nitrogen and oxygen atoms in total. The third kappa shape index (κ3) is 2.77. The Labute approximate surface area is 125 Å². The van der Waals surface area contributed by atoms with E-state index < -0.39 is 10.0 Å². The van der Waals surface area contributed by atoms with E-state index in [-0.39, 0.29) is 11.2 Å². The van der Waals surface area contributed by atoms with Gasteiger partial charge in [0.2, 0.25) is 15.9 Å². The number of nitrogens with one attached hydrogen (secondary N) is 1. The van der Waals surface area contributed by atoms with Gasteiger partial charge >= 0.3 is 0 Å². The average Bonchev–Trinajstić information content (AvgIpc) is 3.07. The van der Waals surface area contributed by atoms with Crippen LogP contribution in [0.4, 0.5) is 11.4 Å². The molecular weight excluding hydrogens is 288 g/mol. The lowest BCUT2D eigenvalue weighted by Crippen LogP contribution is -2.27. The van der Waals surface area contributed by atoms with Crippen LogP contribution >= 0.6 is 0 Å². The minimum Gasteiger partial charge on any atom is -0.312 e. The molecule has 0 atom stereocenters. The van der Waals surface area contributed by atoms with Crippen molar-refractivity contribution in [2.75, 3.05) is 16.2 Å². The number of nitrogens with zero attached hydrogens (tertiary/aromatic N) is 1. The van der Waals surface area contributed by atoms with Gasteiger partial charge in [0.05, 0.1) is 10.9 Å². The number of benzene rings is 1. The maximum Gasteiger partial charge on any atom is 0.235 e. The monoisotopic (exact) mass is 308 g/mol. The van der Waals surface area contributed by atoms with E-state index in [1.165, 1.54) is 6.92 Å². The summed E-state index contributed by atoms with van der Waals surface area (Å²) >= 11 is 0. The van der Waals surface area contributed by atoms with Crippen LogP contribution in [0, 0.1) is 0 Å². The predicted octanol–water partition coefficient (Wildman–Crippen LogP) is 2.28. The Bertz CT molecular complexity index is 663. The number of hydrogen-bond donors (Lipinski definition) is 1. The number of carbonyl (C=O) groups excluding carboxylic acids is 1. The molecule has 114 valence electrons. The van der Waals surface area contributed by atoms with E-state index in [0.717, 1.165) is 43.4 Å². The highest BCUT2D eigenvalue weighted by Gasteiger charge is 2.29. The molecular formula is C15H20N2O3S. The van der Waals surface area contributed by atoms with Crippen molar-refractivity contribution in [2.45, 2.75) is 44.3 Å². The molecule has 6 heteroatoms. The Morgan fingerprint density at radius 2 is 2.00 bits per heavy atom. The second kappa shape index (κ2) is 5.33. The lowest BCUT2D eigenvalue weighted by molar-refractivity contribution is -0.116. The number of fused-ring (bicyclic) bond motifs is 1. The number of amides is 1. The summed E-state index contributed by atoms with van der Waals surface area (Å²) in [4.78, 5) is 13.3. The van der Waals surface area contributed by atoms with Gasteiger partial charge in [-0.2, -0.15) is 0 Å². The van der Waals surface area contributed by atoms with Crippen molar-refractivity contribution in [3.63, 3.8) is 0 Å². The Hall–Kier alpha value is -1.56. The highest BCUT2D eigenvalue weighted by atomic mass is 32.2. The van der Waals surface area contributed by atoms with E-state index in [4.69, 9.17) is 0 Å². The van der Waals surface area contributed by atoms with Crippen molar-refractivity contribution in [3.8, 4) is 0 Å². The summed E-state index contributed by atoms with van der Waals surface area (Å²) in [5.41, 5.74) is 2.47. The highest BCUT2D eigenvalue weighted by molar-refractivity contribution is 7.93. The molecule has 3 rings (SSSR count). The predicted molar refractivity (Wildman–Crippen MR) is 83.0 cm³/mol. The quantitative estimate of drug-likeness (QED) is 0.931. The molecule has 1 N–H and O–H groups in total. The van der Waals surface area contributed by atoms with Crippen LogP contribution in [0.5, 0.6) is 0 Å². The van der Waals surface area contributed by atoms with E-state index in [2.05, 4.69) is 4.72 Å². The molecule has 1 saturated carbocycles. The molecule has 1 aromatic carbocycles. The summed E-state index contributed by atoms with van der Waals surface area (Å²) in [6.45, 7) is 2.20. The Morgan fingerprint density at radius 1 is 1.29 bits per heavy atom. The fourth-order valence-corrected chi connectivity index (χ4v) is 4.79. The van der Waals surface area contributed by atoms with Crippen LogP contribution in [0.15, 0.2) is 18.2 Å². The smallest absolute Gasteiger partial charge is 0.235 e. The van der Waals surface area contributed by atoms with Crippen LogP contribution in [0.2, 0.25) is 0 Å². The lowest BCUT2D eigenvalue weighted by atomic mass is 10.1. The van der Waals surface area contributed by atoms with Gasteiger partial charge in [0.15, 0.2) is 0 Å². The topological polar surface area (TPSA) is 66.5 Å². The molecule has 0 unspecified atom stereocenters. The molecule has 1 aromatic rings. The van der Waals surface area contributed by atoms with E-state index in [0.29, 0.717) is 12.2 Å². The average molecular weight is 308 g/mol. The third-order valence-electron chi connectivity index (χ3n) is 4.36. The van der Waals surface area contributed by atoms with Crippen molar-refractivity contribution < 1.29 is 13.2 Å². The molecule has 1 aliphatic carbocycles. The number of rotatable bonds is 3. The molecule has 21 heavy (non-hydrogen) atoms. The summed E-state index contributed by atoms with van der Waals surface area (Å²) in [6.07, 6.45) is 4.26. The summed E-state index contributed by atoms with van der Waals surface area (Å²) < 4.78 is 27.3. The summed E-state index contributed by atoms with van der Waals surface area (Å²) in [5, 5.41) is -0.283. The van der Waals surface area contributed by atoms with Crippen LogP contribution in [0.3, 0.4) is 0 Å². The van der Waals surface area contributed by atoms with E-state index in [1.54, 1.807) is 17.0 Å². The normalized spacial score (nSPS) is 18.8. The van der Waals surface area contributed by atoms with Crippen molar-refractivity contribution in [2.24, 2.45) is 0 Å². The lowest BCUT2D eigenvalue weighted by Gasteiger charge is -2.17. The summed E-state index contributed by atoms with van der Waals surface area (Å²) in [7, 11) is -3.32. The van der Waals surface area contributed by atoms with Gasteiger partial charge in [0.1, 0.15) is 0 Å². The Morgan fingerprint density at radius 3 is 2.67 bits per heavy atom. The second-order valence-corrected chi connectivity index (χ2v) is 7.78. The minimum atomic E-state index is -3.32. The van der Waals surface area contributed by atoms with Crippen molar-refractivity contribution in [1.82, 2.24) is 0 Å². The maximum atomic E-state index is 12.3. The van der Waals surface area contributed by atoms with Gasteiger partial charge in [0, 0.05) is 19.2 Å². The first-order valence-electron chi connectivity index (χ1n) is 7.40. The molecule has 0 aromatic heterocycles. The standard InChI is InChI=1S/C15H20N2O3S/c1-11(18)17-9-8-12-6-7-13(10-15(12)17)16-21(19,20)14-4-2-3-5-14/h6-7,10,14,16H,2-5,8-9H2,1H3. The zero-order valence-electron chi connectivity index (χ0n) is 12.1. The van der Waals surface area contributed by atoms with Crippen molar-refractivity contribution in [3.05, 3.63) is 23.8 Å². The maximum absolute atomic E-state index is 12.3. The van der Waals surface area contributed by atoms with Crippen molar-refractivity contribution >= 4 is 27.3 Å². The first kappa shape index (κ1) is 14.4. The van der Waals surface area contributed by atoms with Gasteiger partial charge in [-0.05, 0) is 37.0 Å². The van der Waals surface area contributed by atoms with Crippen molar-refractivity contribution in [1.29, 1.82) is 0 Å². The molecule has 0 radical (unpaired) electrons. The molecule has 0 bridgehead atoms.